The maximum absolute atomic E-state index is 14.4. The van der Waals surface area contributed by atoms with Crippen LogP contribution in [-0.2, 0) is 53.8 Å². The average molecular weight is 1140 g/mol. The summed E-state index contributed by atoms with van der Waals surface area (Å²) in [7, 11) is 0. The van der Waals surface area contributed by atoms with Crippen molar-refractivity contribution in [1.82, 2.24) is 30.2 Å². The van der Waals surface area contributed by atoms with E-state index in [-0.39, 0.29) is 56.5 Å². The van der Waals surface area contributed by atoms with Crippen LogP contribution in [0.3, 0.4) is 0 Å². The van der Waals surface area contributed by atoms with Crippen LogP contribution in [0.25, 0.3) is 9.69 Å². The number of carbonyl (C=O) groups excluding carboxylic acids is 5. The van der Waals surface area contributed by atoms with Crippen molar-refractivity contribution in [2.45, 2.75) is 77.1 Å². The number of nitrogens with zero attached hydrogens (tertiary/aromatic N) is 8. The van der Waals surface area contributed by atoms with E-state index in [0.717, 1.165) is 56.0 Å². The Morgan fingerprint density at radius 1 is 0.548 bits per heavy atom. The van der Waals surface area contributed by atoms with E-state index in [9.17, 15) is 32.8 Å². The maximum Gasteiger partial charge on any atom is 0.255 e. The fraction of sp³-hybridized carbons (Fsp3) is 0.308. The highest BCUT2D eigenvalue weighted by Crippen LogP contribution is 2.37. The number of piperazine rings is 2. The second-order valence-electron chi connectivity index (χ2n) is 21.4. The first-order valence-electron chi connectivity index (χ1n) is 28.9. The Balaban J connectivity index is 0.000000179. The van der Waals surface area contributed by atoms with Crippen LogP contribution in [0.5, 0.6) is 11.5 Å². The molecule has 6 aromatic rings. The minimum absolute atomic E-state index is 0.00427. The number of ether oxygens (including phenoxy) is 2. The third-order valence-electron chi connectivity index (χ3n) is 16.0. The van der Waals surface area contributed by atoms with Gasteiger partial charge in [-0.3, -0.25) is 39.1 Å². The molecule has 6 aliphatic rings. The van der Waals surface area contributed by atoms with Gasteiger partial charge in [0, 0.05) is 99.8 Å². The van der Waals surface area contributed by atoms with E-state index in [2.05, 4.69) is 61.0 Å². The number of carbonyl (C=O) groups is 5. The molecule has 19 heteroatoms. The Labute approximate surface area is 489 Å². The molecule has 4 saturated heterocycles. The van der Waals surface area contributed by atoms with Gasteiger partial charge in [0.05, 0.1) is 40.4 Å². The minimum atomic E-state index is -1.84. The zero-order valence-corrected chi connectivity index (χ0v) is 46.2. The molecule has 0 aromatic heterocycles. The molecule has 6 aromatic carbocycles. The monoisotopic (exact) mass is 1130 g/mol. The summed E-state index contributed by atoms with van der Waals surface area (Å²) in [5, 5.41) is 4.81. The number of allylic oxidation sites excluding steroid dienone is 1. The van der Waals surface area contributed by atoms with E-state index in [0.29, 0.717) is 101 Å². The lowest BCUT2D eigenvalue weighted by atomic mass is 10.0. The molecule has 2 atom stereocenters. The number of fused-ring (bicyclic) bond motifs is 2. The molecular formula is C65H62F2N10O7. The van der Waals surface area contributed by atoms with Gasteiger partial charge in [-0.1, -0.05) is 79.4 Å². The average Bonchev–Trinajstić information content (AvgIpc) is 2.45. The predicted molar refractivity (Wildman–Crippen MR) is 311 cm³/mol. The van der Waals surface area contributed by atoms with Gasteiger partial charge in [-0.25, -0.2) is 18.5 Å². The van der Waals surface area contributed by atoms with Crippen LogP contribution in [0, 0.1) is 24.8 Å². The van der Waals surface area contributed by atoms with Gasteiger partial charge in [-0.05, 0) is 90.0 Å². The fourth-order valence-electron chi connectivity index (χ4n) is 11.4. The van der Waals surface area contributed by atoms with Crippen molar-refractivity contribution in [1.29, 1.82) is 0 Å². The third kappa shape index (κ3) is 12.5. The van der Waals surface area contributed by atoms with Gasteiger partial charge in [0.15, 0.2) is 11.4 Å². The van der Waals surface area contributed by atoms with Crippen LogP contribution < -0.4 is 29.9 Å². The SMILES string of the molecule is [2H][C@@]1(N2Cc3c(OCc4ccc(CN5CCN(c6ccc([N+]#[C-])cc6F)CC5)cc4)cccc3C2=O)CCC(=C)NC1=O.[2H][C@]1(N2Cc3c(OCc4ccc(CN5CCN(c6ccc([N+]#[C-])cc6F)CC5)cc4)cccc3C2=O)CCC(=O)NC1=O. The van der Waals surface area contributed by atoms with Gasteiger partial charge in [0.1, 0.15) is 48.4 Å². The Kier molecular flexibility index (Phi) is 16.0. The van der Waals surface area contributed by atoms with Gasteiger partial charge in [-0.2, -0.15) is 0 Å². The lowest BCUT2D eigenvalue weighted by Gasteiger charge is -2.36. The van der Waals surface area contributed by atoms with E-state index < -0.39 is 35.7 Å². The van der Waals surface area contributed by atoms with E-state index in [1.807, 2.05) is 40.1 Å². The van der Waals surface area contributed by atoms with E-state index in [1.165, 1.54) is 27.5 Å². The normalized spacial score (nSPS) is 21.0. The summed E-state index contributed by atoms with van der Waals surface area (Å²) in [6.45, 7) is 26.2. The first-order valence-corrected chi connectivity index (χ1v) is 27.9. The van der Waals surface area contributed by atoms with Gasteiger partial charge < -0.3 is 34.4 Å². The van der Waals surface area contributed by atoms with E-state index in [1.54, 1.807) is 54.6 Å². The van der Waals surface area contributed by atoms with Crippen LogP contribution in [0.1, 0.15) is 82.5 Å². The minimum Gasteiger partial charge on any atom is -0.489 e. The summed E-state index contributed by atoms with van der Waals surface area (Å²) < 4.78 is 58.6. The summed E-state index contributed by atoms with van der Waals surface area (Å²) in [5.41, 5.74) is 8.67. The summed E-state index contributed by atoms with van der Waals surface area (Å²) in [6.07, 6.45) is 0.604. The second kappa shape index (κ2) is 25.0. The zero-order valence-electron chi connectivity index (χ0n) is 48.2. The zero-order chi connectivity index (χ0) is 60.3. The maximum atomic E-state index is 14.4. The number of rotatable bonds is 14. The Hall–Kier alpha value is -9.43. The molecule has 0 radical (unpaired) electrons. The van der Waals surface area contributed by atoms with Crippen LogP contribution in [0.4, 0.5) is 31.5 Å². The van der Waals surface area contributed by atoms with E-state index >= 15 is 0 Å². The van der Waals surface area contributed by atoms with Crippen LogP contribution in [0.2, 0.25) is 0 Å². The molecule has 0 bridgehead atoms. The Morgan fingerprint density at radius 3 is 1.37 bits per heavy atom. The van der Waals surface area contributed by atoms with Crippen molar-refractivity contribution >= 4 is 52.3 Å². The molecule has 0 saturated carbocycles. The van der Waals surface area contributed by atoms with Crippen LogP contribution in [0.15, 0.2) is 134 Å². The predicted octanol–water partition coefficient (Wildman–Crippen LogP) is 9.06. The van der Waals surface area contributed by atoms with Crippen molar-refractivity contribution < 1.29 is 45.0 Å². The van der Waals surface area contributed by atoms with Crippen molar-refractivity contribution in [2.75, 3.05) is 62.2 Å². The molecule has 6 heterocycles. The third-order valence-corrected chi connectivity index (χ3v) is 16.0. The Bertz CT molecular complexity index is 3510. The standard InChI is InChI=1S/C33H32FN5O3.C32H30FN5O4/c1-22-6-12-30(32(40)36-22)39-20-27-26(33(39)41)4-3-5-31(27)42-21-24-9-7-23(8-10-24)19-37-14-16-38(17-15-37)29-13-11-25(35-2)18-28(29)34;1-34-23-9-10-27(26(33)17-23)37-15-13-36(14-16-37)18-21-5-7-22(8-6-21)20-42-29-4-2-3-24-25(29)19-38(32(24)41)28-11-12-30(39)35-31(28)40/h3-5,7-11,13,18,30H,1,6,12,14-17,19-21H2,(H,36,40);2-10,17,28H,11-16,18-20H2,(H,35,39,40)/t30-;28-/m10/s1/i30D;28D. The van der Waals surface area contributed by atoms with E-state index in [4.69, 9.17) is 25.4 Å². The second-order valence-corrected chi connectivity index (χ2v) is 21.4. The Morgan fingerprint density at radius 2 is 0.964 bits per heavy atom. The number of amides is 5. The van der Waals surface area contributed by atoms with Crippen LogP contribution >= 0.6 is 0 Å². The molecule has 4 fully saturated rings. The number of nitrogens with one attached hydrogen (secondary N) is 2. The topological polar surface area (TPSA) is 156 Å². The summed E-state index contributed by atoms with van der Waals surface area (Å²) in [6, 6.07) is 32.5. The molecule has 2 N–H and O–H groups in total. The molecule has 0 unspecified atom stereocenters. The van der Waals surface area contributed by atoms with Crippen molar-refractivity contribution in [3.05, 3.63) is 213 Å². The first kappa shape index (κ1) is 53.9. The molecule has 428 valence electrons. The highest BCUT2D eigenvalue weighted by molar-refractivity contribution is 6.06. The van der Waals surface area contributed by atoms with Gasteiger partial charge in [0.25, 0.3) is 11.8 Å². The molecule has 0 aliphatic carbocycles. The molecule has 5 amide bonds. The van der Waals surface area contributed by atoms with Crippen molar-refractivity contribution in [2.24, 2.45) is 0 Å². The number of anilines is 2. The largest absolute Gasteiger partial charge is 0.489 e. The molecule has 12 rings (SSSR count). The number of hydrogen-bond acceptors (Lipinski definition) is 11. The quantitative estimate of drug-likeness (QED) is 0.0793. The molecular weight excluding hydrogens is 1070 g/mol. The first-order chi connectivity index (χ1) is 41.5. The molecule has 6 aliphatic heterocycles. The van der Waals surface area contributed by atoms with Crippen LogP contribution in [-0.4, -0.2) is 114 Å². The highest BCUT2D eigenvalue weighted by Gasteiger charge is 2.41. The number of piperidine rings is 2. The summed E-state index contributed by atoms with van der Waals surface area (Å²) in [4.78, 5) is 80.9. The number of imide groups is 1. The highest BCUT2D eigenvalue weighted by atomic mass is 19.1. The summed E-state index contributed by atoms with van der Waals surface area (Å²) in [5.74, 6) is -2.14. The van der Waals surface area contributed by atoms with Gasteiger partial charge in [-0.15, -0.1) is 0 Å². The van der Waals surface area contributed by atoms with Crippen molar-refractivity contribution in [3.8, 4) is 11.5 Å². The molecule has 84 heavy (non-hydrogen) atoms. The fourth-order valence-corrected chi connectivity index (χ4v) is 11.4. The number of benzene rings is 6. The van der Waals surface area contributed by atoms with Crippen molar-refractivity contribution in [3.63, 3.8) is 0 Å². The van der Waals surface area contributed by atoms with Gasteiger partial charge in [0.2, 0.25) is 17.7 Å². The smallest absolute Gasteiger partial charge is 0.255 e. The van der Waals surface area contributed by atoms with Gasteiger partial charge >= 0.3 is 0 Å². The molecule has 0 spiro atoms. The lowest BCUT2D eigenvalue weighted by molar-refractivity contribution is -0.137. The number of hydrogen-bond donors (Lipinski definition) is 2. The number of halogens is 2. The summed E-state index contributed by atoms with van der Waals surface area (Å²) >= 11 is 0. The lowest BCUT2D eigenvalue weighted by Crippen LogP contribution is -2.52. The molecule has 17 nitrogen and oxygen atoms in total.